The molecule has 1 aromatic heterocycles. The van der Waals surface area contributed by atoms with Crippen LogP contribution in [0.5, 0.6) is 5.75 Å². The molecule has 2 aliphatic heterocycles. The van der Waals surface area contributed by atoms with Gasteiger partial charge in [-0.1, -0.05) is 30.3 Å². The molecule has 3 amide bonds. The number of carbonyl (C=O) groups is 5. The summed E-state index contributed by atoms with van der Waals surface area (Å²) in [6.07, 6.45) is 1.19. The highest BCUT2D eigenvalue weighted by Gasteiger charge is 2.54. The Bertz CT molecular complexity index is 1350. The van der Waals surface area contributed by atoms with Crippen LogP contribution in [0.1, 0.15) is 34.6 Å². The van der Waals surface area contributed by atoms with Gasteiger partial charge in [-0.2, -0.15) is 0 Å². The monoisotopic (exact) mass is 540 g/mol. The van der Waals surface area contributed by atoms with E-state index in [9.17, 15) is 34.2 Å². The quantitative estimate of drug-likeness (QED) is 0.278. The van der Waals surface area contributed by atoms with Crippen LogP contribution < -0.4 is 10.6 Å². The van der Waals surface area contributed by atoms with Crippen molar-refractivity contribution < 1.29 is 38.9 Å². The highest BCUT2D eigenvalue weighted by Crippen LogP contribution is 2.40. The van der Waals surface area contributed by atoms with Crippen LogP contribution in [0.2, 0.25) is 0 Å². The first-order valence-corrected chi connectivity index (χ1v) is 12.5. The third-order valence-corrected chi connectivity index (χ3v) is 7.27. The highest BCUT2D eigenvalue weighted by molar-refractivity contribution is 8.00. The predicted octanol–water partition coefficient (Wildman–Crippen LogP) is 0.868. The largest absolute Gasteiger partial charge is 0.507 e. The van der Waals surface area contributed by atoms with Gasteiger partial charge in [-0.15, -0.1) is 11.8 Å². The minimum Gasteiger partial charge on any atom is -0.507 e. The van der Waals surface area contributed by atoms with E-state index in [1.54, 1.807) is 37.3 Å². The smallest absolute Gasteiger partial charge is 0.352 e. The van der Waals surface area contributed by atoms with Gasteiger partial charge in [0.1, 0.15) is 35.5 Å². The van der Waals surface area contributed by atoms with Crippen molar-refractivity contribution in [1.82, 2.24) is 20.5 Å². The minimum atomic E-state index is -1.35. The summed E-state index contributed by atoms with van der Waals surface area (Å²) >= 11 is 1.22. The molecule has 1 fully saturated rings. The van der Waals surface area contributed by atoms with Gasteiger partial charge in [-0.25, -0.2) is 4.79 Å². The average molecular weight is 541 g/mol. The molecule has 1 aromatic carbocycles. The summed E-state index contributed by atoms with van der Waals surface area (Å²) in [6, 6.07) is 7.36. The zero-order valence-corrected chi connectivity index (χ0v) is 21.2. The first-order chi connectivity index (χ1) is 18.1. The summed E-state index contributed by atoms with van der Waals surface area (Å²) in [6.45, 7) is 2.58. The van der Waals surface area contributed by atoms with Crippen molar-refractivity contribution in [3.05, 3.63) is 70.7 Å². The lowest BCUT2D eigenvalue weighted by molar-refractivity contribution is -0.151. The molecule has 1 unspecified atom stereocenters. The third-order valence-electron chi connectivity index (χ3n) is 5.93. The molecule has 2 aliphatic rings. The van der Waals surface area contributed by atoms with Gasteiger partial charge < -0.3 is 25.6 Å². The topological polar surface area (TPSA) is 175 Å². The molecule has 0 bridgehead atoms. The first kappa shape index (κ1) is 26.7. The van der Waals surface area contributed by atoms with E-state index in [4.69, 9.17) is 4.74 Å². The molecule has 0 radical (unpaired) electrons. The van der Waals surface area contributed by atoms with Gasteiger partial charge >= 0.3 is 11.9 Å². The van der Waals surface area contributed by atoms with Gasteiger partial charge in [-0.3, -0.25) is 29.1 Å². The zero-order chi connectivity index (χ0) is 27.6. The maximum Gasteiger partial charge on any atom is 0.352 e. The fraction of sp³-hybridized carbons (Fsp3) is 0.280. The third kappa shape index (κ3) is 5.32. The minimum absolute atomic E-state index is 0.130. The van der Waals surface area contributed by atoms with Gasteiger partial charge in [0, 0.05) is 36.2 Å². The van der Waals surface area contributed by atoms with Crippen molar-refractivity contribution in [2.24, 2.45) is 0 Å². The lowest BCUT2D eigenvalue weighted by Crippen LogP contribution is -2.71. The second-order valence-corrected chi connectivity index (χ2v) is 9.70. The number of hydrogen-bond donors (Lipinski definition) is 4. The number of carbonyl (C=O) groups excluding carboxylic acids is 4. The van der Waals surface area contributed by atoms with E-state index < -0.39 is 47.1 Å². The second kappa shape index (κ2) is 10.9. The second-order valence-electron chi connectivity index (χ2n) is 8.59. The van der Waals surface area contributed by atoms with E-state index in [1.807, 2.05) is 0 Å². The summed E-state index contributed by atoms with van der Waals surface area (Å²) < 4.78 is 4.92. The SMILES string of the molecule is CC(=O)OCC1=C(C(=O)O)N2C(=O)[C@@H](NC(=O)C(NC(=O)c3cnc(C)cc3O)c3ccccc3)[C@H]2SC1. The average Bonchev–Trinajstić information content (AvgIpc) is 2.88. The van der Waals surface area contributed by atoms with Crippen LogP contribution in [0.15, 0.2) is 53.9 Å². The van der Waals surface area contributed by atoms with Gasteiger partial charge in [0.2, 0.25) is 5.91 Å². The molecule has 2 aromatic rings. The number of hydrogen-bond acceptors (Lipinski definition) is 9. The summed E-state index contributed by atoms with van der Waals surface area (Å²) in [5.74, 6) is -4.16. The van der Waals surface area contributed by atoms with Crippen molar-refractivity contribution in [2.45, 2.75) is 31.3 Å². The van der Waals surface area contributed by atoms with Crippen LogP contribution in [0, 0.1) is 6.92 Å². The molecule has 3 atom stereocenters. The number of esters is 1. The maximum absolute atomic E-state index is 13.4. The molecule has 0 aliphatic carbocycles. The number of thioether (sulfide) groups is 1. The van der Waals surface area contributed by atoms with E-state index in [0.29, 0.717) is 11.3 Å². The molecule has 3 heterocycles. The summed E-state index contributed by atoms with van der Waals surface area (Å²) in [5, 5.41) is 24.4. The number of β-lactam (4-membered cyclic amide) rings is 1. The normalized spacial score (nSPS) is 19.1. The Kier molecular flexibility index (Phi) is 7.67. The van der Waals surface area contributed by atoms with Crippen molar-refractivity contribution in [2.75, 3.05) is 12.4 Å². The van der Waals surface area contributed by atoms with Crippen molar-refractivity contribution in [3.63, 3.8) is 0 Å². The Balaban J connectivity index is 1.54. The maximum atomic E-state index is 13.4. The fourth-order valence-electron chi connectivity index (χ4n) is 4.09. The van der Waals surface area contributed by atoms with Crippen LogP contribution in [0.3, 0.4) is 0 Å². The molecule has 4 N–H and O–H groups in total. The summed E-state index contributed by atoms with van der Waals surface area (Å²) in [7, 11) is 0. The number of nitrogens with one attached hydrogen (secondary N) is 2. The Hall–Kier alpha value is -4.39. The number of amides is 3. The van der Waals surface area contributed by atoms with E-state index in [1.165, 1.54) is 30.9 Å². The van der Waals surface area contributed by atoms with Crippen LogP contribution in [-0.4, -0.2) is 73.5 Å². The Morgan fingerprint density at radius 1 is 1.24 bits per heavy atom. The lowest BCUT2D eigenvalue weighted by atomic mass is 10.0. The first-order valence-electron chi connectivity index (χ1n) is 11.4. The highest BCUT2D eigenvalue weighted by atomic mass is 32.2. The molecule has 198 valence electrons. The number of benzene rings is 1. The number of fused-ring (bicyclic) bond motifs is 1. The van der Waals surface area contributed by atoms with Gasteiger partial charge in [0.25, 0.3) is 11.8 Å². The molecule has 13 heteroatoms. The molecular formula is C25H24N4O8S. The Morgan fingerprint density at radius 3 is 2.58 bits per heavy atom. The van der Waals surface area contributed by atoms with Crippen LogP contribution in [0.25, 0.3) is 0 Å². The Labute approximate surface area is 221 Å². The van der Waals surface area contributed by atoms with Crippen molar-refractivity contribution in [1.29, 1.82) is 0 Å². The molecule has 0 spiro atoms. The Morgan fingerprint density at radius 2 is 1.95 bits per heavy atom. The van der Waals surface area contributed by atoms with E-state index in [0.717, 1.165) is 4.90 Å². The van der Waals surface area contributed by atoms with Crippen LogP contribution in [-0.2, 0) is 23.9 Å². The number of aromatic hydroxyl groups is 1. The number of carboxylic acids is 1. The number of aryl methyl sites for hydroxylation is 1. The van der Waals surface area contributed by atoms with Crippen LogP contribution >= 0.6 is 11.8 Å². The predicted molar refractivity (Wildman–Crippen MR) is 134 cm³/mol. The number of ether oxygens (including phenoxy) is 1. The molecule has 12 nitrogen and oxygen atoms in total. The fourth-order valence-corrected chi connectivity index (χ4v) is 5.42. The van der Waals surface area contributed by atoms with E-state index in [2.05, 4.69) is 15.6 Å². The summed E-state index contributed by atoms with van der Waals surface area (Å²) in [5.41, 5.74) is 0.788. The number of nitrogens with zero attached hydrogens (tertiary/aromatic N) is 2. The van der Waals surface area contributed by atoms with Gasteiger partial charge in [-0.05, 0) is 12.5 Å². The molecular weight excluding hydrogens is 516 g/mol. The number of rotatable bonds is 8. The summed E-state index contributed by atoms with van der Waals surface area (Å²) in [4.78, 5) is 67.4. The number of carboxylic acid groups (broad SMARTS) is 1. The standard InChI is InChI=1S/C25H24N4O8S/c1-12-8-17(31)16(9-26-12)21(32)27-18(14-6-4-3-5-7-14)22(33)28-19-23(34)29-20(25(35)36)15(10-37-13(2)30)11-38-24(19)29/h3-9,18-19,24H,10-11H2,1-2H3,(H,26,31)(H,27,32)(H,28,33)(H,35,36)/t18?,19-,24-/m1/s1. The van der Waals surface area contributed by atoms with Crippen molar-refractivity contribution >= 4 is 41.4 Å². The zero-order valence-electron chi connectivity index (χ0n) is 20.3. The lowest BCUT2D eigenvalue weighted by Gasteiger charge is -2.49. The van der Waals surface area contributed by atoms with E-state index >= 15 is 0 Å². The van der Waals surface area contributed by atoms with Crippen molar-refractivity contribution in [3.8, 4) is 5.75 Å². The number of aliphatic carboxylic acids is 1. The number of aromatic nitrogens is 1. The molecule has 38 heavy (non-hydrogen) atoms. The van der Waals surface area contributed by atoms with Gasteiger partial charge in [0.15, 0.2) is 0 Å². The van der Waals surface area contributed by atoms with Gasteiger partial charge in [0.05, 0.1) is 5.56 Å². The van der Waals surface area contributed by atoms with E-state index in [-0.39, 0.29) is 34.9 Å². The molecule has 0 saturated carbocycles. The van der Waals surface area contributed by atoms with Crippen LogP contribution in [0.4, 0.5) is 0 Å². The number of pyridine rings is 1. The molecule has 4 rings (SSSR count). The molecule has 1 saturated heterocycles.